The number of hydrogen-bond donors (Lipinski definition) is 6. The Balaban J connectivity index is 0.000000614. The number of rotatable bonds is 10. The van der Waals surface area contributed by atoms with E-state index in [2.05, 4.69) is 17.7 Å². The summed E-state index contributed by atoms with van der Waals surface area (Å²) in [6.45, 7) is 0.480. The van der Waals surface area contributed by atoms with Crippen molar-refractivity contribution in [3.63, 3.8) is 0 Å². The smallest absolute Gasteiger partial charge is 0.122 e. The largest absolute Gasteiger partial charge is 0.394 e. The van der Waals surface area contributed by atoms with Gasteiger partial charge in [0, 0.05) is 6.42 Å². The Bertz CT molecular complexity index is 758. The van der Waals surface area contributed by atoms with Crippen molar-refractivity contribution in [3.8, 4) is 0 Å². The zero-order valence-corrected chi connectivity index (χ0v) is 17.0. The number of amides is 1. The third-order valence-corrected chi connectivity index (χ3v) is 6.24. The van der Waals surface area contributed by atoms with Crippen molar-refractivity contribution >= 4 is 36.4 Å². The van der Waals surface area contributed by atoms with E-state index in [9.17, 15) is 13.3 Å². The number of benzene rings is 1. The van der Waals surface area contributed by atoms with Crippen LogP contribution in [0.5, 0.6) is 0 Å². The van der Waals surface area contributed by atoms with Gasteiger partial charge in [-0.2, -0.15) is 0 Å². The Kier molecular flexibility index (Phi) is 12.8. The molecule has 4 atom stereocenters. The fourth-order valence-corrected chi connectivity index (χ4v) is 4.05. The third-order valence-electron chi connectivity index (χ3n) is 3.06. The first-order valence-corrected chi connectivity index (χ1v) is 11.0. The van der Waals surface area contributed by atoms with Crippen LogP contribution in [0.4, 0.5) is 5.69 Å². The number of hydroxylamine groups is 1. The summed E-state index contributed by atoms with van der Waals surface area (Å²) in [5, 5.41) is 46.8. The average molecular weight is 480 g/mol. The second-order valence-corrected chi connectivity index (χ2v) is 9.04. The number of hydrogen-bond acceptors (Lipinski definition) is 11. The van der Waals surface area contributed by atoms with Crippen LogP contribution in [-0.2, 0) is 21.0 Å². The van der Waals surface area contributed by atoms with Gasteiger partial charge in [-0.3, -0.25) is 0 Å². The van der Waals surface area contributed by atoms with Gasteiger partial charge in [0.1, 0.15) is 18.5 Å². The van der Waals surface area contributed by atoms with Crippen molar-refractivity contribution in [1.82, 2.24) is 5.48 Å². The number of azide groups is 1. The van der Waals surface area contributed by atoms with E-state index in [1.54, 1.807) is 0 Å². The predicted molar refractivity (Wildman–Crippen MR) is 95.7 cm³/mol. The molecule has 0 radical (unpaired) electrons. The minimum absolute atomic E-state index is 0.0260. The molecule has 0 aliphatic carbocycles. The van der Waals surface area contributed by atoms with Crippen LogP contribution >= 0.6 is 0 Å². The predicted octanol–water partition coefficient (Wildman–Crippen LogP) is -1.59. The number of nitrogens with one attached hydrogen (secondary N) is 1. The van der Waals surface area contributed by atoms with Gasteiger partial charge in [-0.25, -0.2) is 0 Å². The van der Waals surface area contributed by atoms with Gasteiger partial charge >= 0.3 is 104 Å². The van der Waals surface area contributed by atoms with E-state index >= 15 is 0 Å². The van der Waals surface area contributed by atoms with Gasteiger partial charge in [-0.15, -0.1) is 0 Å². The molecule has 1 aromatic carbocycles. The monoisotopic (exact) mass is 480 g/mol. The molecule has 162 valence electrons. The summed E-state index contributed by atoms with van der Waals surface area (Å²) in [5.74, 6) is -0.630. The van der Waals surface area contributed by atoms with E-state index in [1.807, 2.05) is 5.48 Å². The number of aldehydes is 1. The fourth-order valence-electron chi connectivity index (χ4n) is 1.67. The van der Waals surface area contributed by atoms with Gasteiger partial charge in [0.05, 0.1) is 12.7 Å². The molecule has 4 unspecified atom stereocenters. The second kappa shape index (κ2) is 13.8. The third kappa shape index (κ3) is 9.19. The molecule has 0 saturated carbocycles. The summed E-state index contributed by atoms with van der Waals surface area (Å²) < 4.78 is 20.5. The first-order valence-electron chi connectivity index (χ1n) is 7.78. The molecule has 29 heavy (non-hydrogen) atoms. The van der Waals surface area contributed by atoms with Crippen LogP contribution in [0.25, 0.3) is 10.4 Å². The number of carbonyl (C=O) groups is 2. The van der Waals surface area contributed by atoms with E-state index in [-0.39, 0.29) is 16.5 Å². The van der Waals surface area contributed by atoms with Gasteiger partial charge in [-0.05, 0) is 0 Å². The van der Waals surface area contributed by atoms with Gasteiger partial charge in [0.15, 0.2) is 0 Å². The minimum atomic E-state index is -4.92. The maximum Gasteiger partial charge on any atom is 0.122 e. The van der Waals surface area contributed by atoms with Crippen molar-refractivity contribution in [3.05, 3.63) is 34.7 Å². The van der Waals surface area contributed by atoms with Crippen LogP contribution in [0.1, 0.15) is 13.3 Å². The first kappa shape index (κ1) is 26.7. The van der Waals surface area contributed by atoms with Crippen molar-refractivity contribution in [2.24, 2.45) is 5.11 Å². The Labute approximate surface area is 167 Å². The van der Waals surface area contributed by atoms with E-state index < -0.39 is 45.0 Å². The Morgan fingerprint density at radius 2 is 1.97 bits per heavy atom. The van der Waals surface area contributed by atoms with Crippen molar-refractivity contribution < 1.29 is 46.7 Å². The van der Waals surface area contributed by atoms with Crippen molar-refractivity contribution in [2.45, 2.75) is 31.7 Å². The summed E-state index contributed by atoms with van der Waals surface area (Å²) in [7, 11) is 0. The van der Waals surface area contributed by atoms with Gasteiger partial charge in [0.2, 0.25) is 0 Å². The summed E-state index contributed by atoms with van der Waals surface area (Å²) in [6.07, 6.45) is -4.00. The summed E-state index contributed by atoms with van der Waals surface area (Å²) in [5.41, 5.74) is 10.1. The fraction of sp³-hybridized carbons (Fsp3) is 0.429. The first-order chi connectivity index (χ1) is 13.7. The summed E-state index contributed by atoms with van der Waals surface area (Å²) in [6, 6.07) is 5.67. The zero-order chi connectivity index (χ0) is 22.4. The van der Waals surface area contributed by atoms with E-state index in [4.69, 9.17) is 31.2 Å². The Morgan fingerprint density at radius 1 is 1.34 bits per heavy atom. The number of aliphatic hydroxyl groups excluding tert-OH is 4. The molecule has 0 spiro atoms. The molecule has 1 amide bonds. The average Bonchev–Trinajstić information content (AvgIpc) is 2.72. The molecule has 0 heterocycles. The molecule has 1 aromatic rings. The molecule has 6 N–H and O–H groups in total. The molecule has 1 rings (SSSR count). The van der Waals surface area contributed by atoms with E-state index in [0.717, 1.165) is 6.92 Å². The number of carbonyl (C=O) groups excluding carboxylic acids is 2. The van der Waals surface area contributed by atoms with Crippen LogP contribution in [0.15, 0.2) is 29.4 Å². The van der Waals surface area contributed by atoms with Crippen LogP contribution in [-0.4, -0.2) is 77.0 Å². The quantitative estimate of drug-likeness (QED) is 0.0427. The van der Waals surface area contributed by atoms with Gasteiger partial charge in [0.25, 0.3) is 0 Å². The maximum absolute atomic E-state index is 12.2. The maximum atomic E-state index is 12.2. The Hall–Kier alpha value is -2.25. The molecule has 0 saturated heterocycles. The number of aliphatic hydroxyl groups is 4. The topological polar surface area (TPSA) is 232 Å². The SMILES string of the molecule is CC(=O)NO[As](=O)(OO)c1ccccc1N=[N+]=[N-].O=CCC(O)C(O)C(O)CO. The van der Waals surface area contributed by atoms with Gasteiger partial charge < -0.3 is 25.2 Å². The summed E-state index contributed by atoms with van der Waals surface area (Å²) >= 11 is -4.92. The van der Waals surface area contributed by atoms with Gasteiger partial charge in [-0.1, -0.05) is 0 Å². The van der Waals surface area contributed by atoms with E-state index in [1.165, 1.54) is 24.3 Å². The molecule has 0 aliphatic heterocycles. The minimum Gasteiger partial charge on any atom is -0.394 e. The van der Waals surface area contributed by atoms with Crippen molar-refractivity contribution in [2.75, 3.05) is 6.61 Å². The molecule has 0 bridgehead atoms. The second-order valence-electron chi connectivity index (χ2n) is 5.22. The van der Waals surface area contributed by atoms with Crippen LogP contribution in [0.3, 0.4) is 0 Å². The zero-order valence-electron chi connectivity index (χ0n) is 15.1. The molecule has 15 heteroatoms. The van der Waals surface area contributed by atoms with E-state index in [0.29, 0.717) is 6.29 Å². The van der Waals surface area contributed by atoms with Crippen LogP contribution in [0, 0.1) is 0 Å². The molecule has 0 aliphatic rings. The Morgan fingerprint density at radius 3 is 2.45 bits per heavy atom. The standard InChI is InChI=1S/C8H9AsN4O5.C6H12O5/c1-6(14)12-17-9(15,18-16)7-4-2-3-5-8(7)11-13-10;7-2-1-4(9)6(11)5(10)3-8/h2-5,16H,1H3,(H,12,14);2,4-6,8-11H,1,3H2. The van der Waals surface area contributed by atoms with Crippen molar-refractivity contribution in [1.29, 1.82) is 0 Å². The van der Waals surface area contributed by atoms with Crippen LogP contribution in [0.2, 0.25) is 0 Å². The molecular formula is C14H21AsN4O10. The summed E-state index contributed by atoms with van der Waals surface area (Å²) in [4.78, 5) is 23.0. The number of nitrogens with zero attached hydrogens (tertiary/aromatic N) is 3. The molecular weight excluding hydrogens is 459 g/mol. The molecule has 14 nitrogen and oxygen atoms in total. The van der Waals surface area contributed by atoms with Crippen LogP contribution < -0.4 is 9.83 Å². The normalized spacial score (nSPS) is 15.4. The molecule has 0 fully saturated rings. The molecule has 0 aromatic heterocycles.